The van der Waals surface area contributed by atoms with Crippen molar-refractivity contribution in [3.63, 3.8) is 0 Å². The zero-order valence-corrected chi connectivity index (χ0v) is 18.0. The molecule has 2 aromatic rings. The van der Waals surface area contributed by atoms with E-state index in [2.05, 4.69) is 44.0 Å². The van der Waals surface area contributed by atoms with Gasteiger partial charge in [-0.15, -0.1) is 10.2 Å². The standard InChI is InChI=1S/C24H33N5O/c1-2-17-13-18(26-23(30)12-11-16-7-4-3-5-8-16)14-19(17)24-28-27-22-15-25-20-9-6-10-21(20)29(22)24/h6,10,15-19H,2-5,7-9,11-14H2,1H3,(H,26,30)/t17-,18+,19+/m1/s1. The predicted molar refractivity (Wildman–Crippen MR) is 117 cm³/mol. The SMILES string of the molecule is CC[C@@H]1C[C@H](NC(=O)CCC2CCCCC2)C[C@@H]1c1nnc2cnc3c(n12)C=CC3. The van der Waals surface area contributed by atoms with Gasteiger partial charge in [0, 0.05) is 24.8 Å². The van der Waals surface area contributed by atoms with Gasteiger partial charge in [0.05, 0.1) is 17.6 Å². The number of allylic oxidation sites excluding steroid dienone is 1. The molecule has 30 heavy (non-hydrogen) atoms. The van der Waals surface area contributed by atoms with E-state index in [9.17, 15) is 4.79 Å². The topological polar surface area (TPSA) is 72.2 Å². The summed E-state index contributed by atoms with van der Waals surface area (Å²) < 4.78 is 2.20. The highest BCUT2D eigenvalue weighted by Crippen LogP contribution is 2.41. The summed E-state index contributed by atoms with van der Waals surface area (Å²) in [6.07, 6.45) is 18.5. The maximum absolute atomic E-state index is 12.6. The van der Waals surface area contributed by atoms with Gasteiger partial charge in [-0.2, -0.15) is 0 Å². The molecule has 2 heterocycles. The monoisotopic (exact) mass is 407 g/mol. The second-order valence-electron chi connectivity index (χ2n) is 9.50. The molecule has 1 amide bonds. The molecule has 0 spiro atoms. The first-order valence-corrected chi connectivity index (χ1v) is 11.9. The Bertz CT molecular complexity index is 942. The van der Waals surface area contributed by atoms with Gasteiger partial charge in [-0.05, 0) is 37.2 Å². The van der Waals surface area contributed by atoms with E-state index >= 15 is 0 Å². The number of rotatable bonds is 6. The molecular weight excluding hydrogens is 374 g/mol. The molecule has 3 aliphatic carbocycles. The van der Waals surface area contributed by atoms with Crippen LogP contribution in [-0.4, -0.2) is 31.5 Å². The fourth-order valence-corrected chi connectivity index (χ4v) is 5.94. The third-order valence-corrected chi connectivity index (χ3v) is 7.59. The minimum absolute atomic E-state index is 0.236. The molecule has 3 atom stereocenters. The third kappa shape index (κ3) is 3.77. The molecule has 0 bridgehead atoms. The molecular formula is C24H33N5O. The molecule has 3 aliphatic rings. The van der Waals surface area contributed by atoms with E-state index < -0.39 is 0 Å². The van der Waals surface area contributed by atoms with Gasteiger partial charge in [0.2, 0.25) is 5.91 Å². The lowest BCUT2D eigenvalue weighted by Crippen LogP contribution is -2.33. The molecule has 1 N–H and O–H groups in total. The van der Waals surface area contributed by atoms with Crippen molar-refractivity contribution in [1.82, 2.24) is 24.9 Å². The average molecular weight is 408 g/mol. The first-order valence-electron chi connectivity index (χ1n) is 11.9. The van der Waals surface area contributed by atoms with Crippen LogP contribution in [0.3, 0.4) is 0 Å². The van der Waals surface area contributed by atoms with Crippen molar-refractivity contribution in [1.29, 1.82) is 0 Å². The number of hydrogen-bond donors (Lipinski definition) is 1. The van der Waals surface area contributed by atoms with Gasteiger partial charge >= 0.3 is 0 Å². The highest BCUT2D eigenvalue weighted by molar-refractivity contribution is 5.76. The Morgan fingerprint density at radius 2 is 2.07 bits per heavy atom. The van der Waals surface area contributed by atoms with Crippen molar-refractivity contribution in [3.05, 3.63) is 29.5 Å². The van der Waals surface area contributed by atoms with Crippen LogP contribution in [0.15, 0.2) is 12.3 Å². The van der Waals surface area contributed by atoms with Gasteiger partial charge in [0.1, 0.15) is 5.82 Å². The van der Waals surface area contributed by atoms with Crippen LogP contribution in [0.2, 0.25) is 0 Å². The Morgan fingerprint density at radius 3 is 2.90 bits per heavy atom. The number of nitrogens with zero attached hydrogens (tertiary/aromatic N) is 4. The Hall–Kier alpha value is -2.24. The van der Waals surface area contributed by atoms with Crippen LogP contribution in [-0.2, 0) is 11.2 Å². The number of carbonyl (C=O) groups is 1. The lowest BCUT2D eigenvalue weighted by Gasteiger charge is -2.21. The maximum Gasteiger partial charge on any atom is 0.220 e. The van der Waals surface area contributed by atoms with Crippen molar-refractivity contribution >= 4 is 17.6 Å². The molecule has 6 nitrogen and oxygen atoms in total. The predicted octanol–water partition coefficient (Wildman–Crippen LogP) is 4.44. The molecule has 0 aromatic carbocycles. The van der Waals surface area contributed by atoms with E-state index in [0.29, 0.717) is 18.3 Å². The van der Waals surface area contributed by atoms with E-state index in [1.165, 1.54) is 32.1 Å². The fraction of sp³-hybridized carbons (Fsp3) is 0.667. The number of carbonyl (C=O) groups excluding carboxylic acids is 1. The van der Waals surface area contributed by atoms with E-state index in [1.54, 1.807) is 0 Å². The maximum atomic E-state index is 12.6. The highest BCUT2D eigenvalue weighted by atomic mass is 16.1. The molecule has 0 unspecified atom stereocenters. The lowest BCUT2D eigenvalue weighted by atomic mass is 9.86. The van der Waals surface area contributed by atoms with Crippen molar-refractivity contribution in [3.8, 4) is 0 Å². The molecule has 160 valence electrons. The average Bonchev–Trinajstić information content (AvgIpc) is 3.49. The zero-order valence-electron chi connectivity index (χ0n) is 18.0. The van der Waals surface area contributed by atoms with Gasteiger partial charge in [-0.25, -0.2) is 0 Å². The van der Waals surface area contributed by atoms with Gasteiger partial charge in [0.25, 0.3) is 0 Å². The quantitative estimate of drug-likeness (QED) is 0.768. The minimum Gasteiger partial charge on any atom is -0.353 e. The van der Waals surface area contributed by atoms with Gasteiger partial charge in [-0.3, -0.25) is 14.2 Å². The molecule has 5 rings (SSSR count). The summed E-state index contributed by atoms with van der Waals surface area (Å²) in [7, 11) is 0. The highest BCUT2D eigenvalue weighted by Gasteiger charge is 2.38. The van der Waals surface area contributed by atoms with Crippen molar-refractivity contribution < 1.29 is 4.79 Å². The fourth-order valence-electron chi connectivity index (χ4n) is 5.94. The smallest absolute Gasteiger partial charge is 0.220 e. The number of aromatic nitrogens is 4. The number of fused-ring (bicyclic) bond motifs is 3. The van der Waals surface area contributed by atoms with Crippen LogP contribution in [0.5, 0.6) is 0 Å². The van der Waals surface area contributed by atoms with Gasteiger partial charge in [-0.1, -0.05) is 51.5 Å². The Labute approximate surface area is 178 Å². The molecule has 6 heteroatoms. The number of hydrogen-bond acceptors (Lipinski definition) is 4. The van der Waals surface area contributed by atoms with Crippen LogP contribution in [0.1, 0.15) is 94.3 Å². The summed E-state index contributed by atoms with van der Waals surface area (Å²) in [6.45, 7) is 2.25. The second-order valence-corrected chi connectivity index (χ2v) is 9.50. The summed E-state index contributed by atoms with van der Waals surface area (Å²) >= 11 is 0. The normalized spacial score (nSPS) is 26.4. The number of nitrogens with one attached hydrogen (secondary N) is 1. The second kappa shape index (κ2) is 8.48. The first kappa shape index (κ1) is 19.7. The molecule has 2 saturated carbocycles. The van der Waals surface area contributed by atoms with E-state index in [4.69, 9.17) is 0 Å². The first-order chi connectivity index (χ1) is 14.7. The lowest BCUT2D eigenvalue weighted by molar-refractivity contribution is -0.122. The molecule has 0 aliphatic heterocycles. The van der Waals surface area contributed by atoms with Crippen LogP contribution in [0.4, 0.5) is 0 Å². The van der Waals surface area contributed by atoms with Crippen LogP contribution >= 0.6 is 0 Å². The number of amides is 1. The minimum atomic E-state index is 0.236. The largest absolute Gasteiger partial charge is 0.353 e. The molecule has 2 aromatic heterocycles. The Balaban J connectivity index is 1.27. The molecule has 2 fully saturated rings. The zero-order chi connectivity index (χ0) is 20.5. The van der Waals surface area contributed by atoms with E-state index in [0.717, 1.165) is 60.9 Å². The van der Waals surface area contributed by atoms with E-state index in [1.807, 2.05) is 6.20 Å². The van der Waals surface area contributed by atoms with Crippen molar-refractivity contribution in [2.24, 2.45) is 11.8 Å². The summed E-state index contributed by atoms with van der Waals surface area (Å²) in [5.41, 5.74) is 3.05. The van der Waals surface area contributed by atoms with Crippen LogP contribution in [0.25, 0.3) is 11.7 Å². The van der Waals surface area contributed by atoms with E-state index in [-0.39, 0.29) is 11.9 Å². The van der Waals surface area contributed by atoms with Gasteiger partial charge in [0.15, 0.2) is 5.65 Å². The summed E-state index contributed by atoms with van der Waals surface area (Å²) in [5, 5.41) is 12.3. The molecule has 0 saturated heterocycles. The van der Waals surface area contributed by atoms with Gasteiger partial charge < -0.3 is 5.32 Å². The Morgan fingerprint density at radius 1 is 1.20 bits per heavy atom. The van der Waals surface area contributed by atoms with Crippen LogP contribution < -0.4 is 5.32 Å². The summed E-state index contributed by atoms with van der Waals surface area (Å²) in [4.78, 5) is 17.2. The summed E-state index contributed by atoms with van der Waals surface area (Å²) in [5.74, 6) is 2.89. The Kier molecular flexibility index (Phi) is 5.57. The van der Waals surface area contributed by atoms with Crippen molar-refractivity contribution in [2.75, 3.05) is 0 Å². The summed E-state index contributed by atoms with van der Waals surface area (Å²) in [6, 6.07) is 0.247. The molecule has 0 radical (unpaired) electrons. The van der Waals surface area contributed by atoms with Crippen LogP contribution in [0, 0.1) is 11.8 Å². The van der Waals surface area contributed by atoms with Crippen molar-refractivity contribution in [2.45, 2.75) is 89.5 Å². The third-order valence-electron chi connectivity index (χ3n) is 7.59.